The van der Waals surface area contributed by atoms with E-state index in [1.54, 1.807) is 12.1 Å². The number of carboxylic acids is 1. The fourth-order valence-corrected chi connectivity index (χ4v) is 3.98. The third-order valence-corrected chi connectivity index (χ3v) is 5.67. The Kier molecular flexibility index (Phi) is 7.43. The van der Waals surface area contributed by atoms with Crippen molar-refractivity contribution in [3.8, 4) is 0 Å². The van der Waals surface area contributed by atoms with E-state index in [0.29, 0.717) is 17.7 Å². The van der Waals surface area contributed by atoms with Crippen LogP contribution >= 0.6 is 0 Å². The standard InChI is InChI=1S/C29H24N2O4/c32-29(33)26(30-28(23-12-6-2-7-13-23)24-14-8-3-9-15-24)20-25-19-22(16-17-27(25)31(34)35)18-21-10-4-1-5-11-21/h1-17,19,26H,18,20H2,(H,32,33)/t26-/m0/s1. The van der Waals surface area contributed by atoms with Crippen molar-refractivity contribution >= 4 is 17.4 Å². The lowest BCUT2D eigenvalue weighted by molar-refractivity contribution is -0.385. The Labute approximate surface area is 203 Å². The minimum Gasteiger partial charge on any atom is -0.480 e. The maximum atomic E-state index is 12.3. The van der Waals surface area contributed by atoms with Crippen LogP contribution in [0.15, 0.2) is 114 Å². The van der Waals surface area contributed by atoms with Crippen LogP contribution in [0.3, 0.4) is 0 Å². The molecule has 0 saturated carbocycles. The van der Waals surface area contributed by atoms with Crippen LogP contribution in [0.4, 0.5) is 5.69 Å². The van der Waals surface area contributed by atoms with Gasteiger partial charge in [-0.25, -0.2) is 4.79 Å². The molecule has 0 heterocycles. The average Bonchev–Trinajstić information content (AvgIpc) is 2.88. The fraction of sp³-hybridized carbons (Fsp3) is 0.103. The Balaban J connectivity index is 1.74. The number of aliphatic carboxylic acids is 1. The highest BCUT2D eigenvalue weighted by atomic mass is 16.6. The minimum absolute atomic E-state index is 0.0998. The second kappa shape index (κ2) is 11.0. The zero-order chi connectivity index (χ0) is 24.6. The molecule has 0 aliphatic rings. The van der Waals surface area contributed by atoms with Crippen LogP contribution in [0, 0.1) is 10.1 Å². The molecule has 0 amide bonds. The Bertz CT molecular complexity index is 1300. The molecule has 0 saturated heterocycles. The van der Waals surface area contributed by atoms with Crippen molar-refractivity contribution in [2.75, 3.05) is 0 Å². The summed E-state index contributed by atoms with van der Waals surface area (Å²) in [5.41, 5.74) is 4.26. The van der Waals surface area contributed by atoms with E-state index in [4.69, 9.17) is 0 Å². The summed E-state index contributed by atoms with van der Waals surface area (Å²) in [6.07, 6.45) is 0.490. The van der Waals surface area contributed by atoms with Crippen molar-refractivity contribution in [2.45, 2.75) is 18.9 Å². The summed E-state index contributed by atoms with van der Waals surface area (Å²) in [4.78, 5) is 28.2. The van der Waals surface area contributed by atoms with Gasteiger partial charge in [-0.05, 0) is 23.6 Å². The first-order valence-electron chi connectivity index (χ1n) is 11.2. The van der Waals surface area contributed by atoms with Gasteiger partial charge < -0.3 is 5.11 Å². The molecule has 0 radical (unpaired) electrons. The molecule has 0 bridgehead atoms. The largest absolute Gasteiger partial charge is 0.480 e. The molecule has 0 fully saturated rings. The molecule has 1 N–H and O–H groups in total. The van der Waals surface area contributed by atoms with Crippen molar-refractivity contribution in [1.82, 2.24) is 0 Å². The van der Waals surface area contributed by atoms with Crippen LogP contribution in [0.5, 0.6) is 0 Å². The van der Waals surface area contributed by atoms with E-state index in [9.17, 15) is 20.0 Å². The van der Waals surface area contributed by atoms with E-state index < -0.39 is 16.9 Å². The van der Waals surface area contributed by atoms with Gasteiger partial charge in [0.2, 0.25) is 0 Å². The monoisotopic (exact) mass is 464 g/mol. The minimum atomic E-state index is -1.20. The number of aliphatic imine (C=N–C) groups is 1. The smallest absolute Gasteiger partial charge is 0.328 e. The predicted octanol–water partition coefficient (Wildman–Crippen LogP) is 5.72. The number of nitro benzene ring substituents is 1. The number of carboxylic acid groups (broad SMARTS) is 1. The third kappa shape index (κ3) is 6.06. The molecule has 6 nitrogen and oxygen atoms in total. The van der Waals surface area contributed by atoms with Gasteiger partial charge in [-0.2, -0.15) is 0 Å². The molecule has 4 aromatic carbocycles. The van der Waals surface area contributed by atoms with Crippen LogP contribution in [-0.4, -0.2) is 27.8 Å². The van der Waals surface area contributed by atoms with Crippen LogP contribution < -0.4 is 0 Å². The van der Waals surface area contributed by atoms with Gasteiger partial charge in [0.15, 0.2) is 6.04 Å². The van der Waals surface area contributed by atoms with Crippen LogP contribution in [0.2, 0.25) is 0 Å². The Morgan fingerprint density at radius 3 is 1.86 bits per heavy atom. The van der Waals surface area contributed by atoms with Crippen LogP contribution in [0.1, 0.15) is 27.8 Å². The molecule has 0 aliphatic carbocycles. The van der Waals surface area contributed by atoms with Gasteiger partial charge in [0.25, 0.3) is 5.69 Å². The first-order chi connectivity index (χ1) is 17.0. The van der Waals surface area contributed by atoms with Crippen LogP contribution in [-0.2, 0) is 17.6 Å². The van der Waals surface area contributed by atoms with Gasteiger partial charge in [0.05, 0.1) is 10.6 Å². The highest BCUT2D eigenvalue weighted by Crippen LogP contribution is 2.25. The SMILES string of the molecule is O=C(O)[C@H](Cc1cc(Cc2ccccc2)ccc1[N+](=O)[O-])N=C(c1ccccc1)c1ccccc1. The molecular weight excluding hydrogens is 440 g/mol. The van der Waals surface area contributed by atoms with Crippen molar-refractivity contribution < 1.29 is 14.8 Å². The quantitative estimate of drug-likeness (QED) is 0.195. The Morgan fingerprint density at radius 1 is 0.800 bits per heavy atom. The van der Waals surface area contributed by atoms with E-state index in [2.05, 4.69) is 4.99 Å². The van der Waals surface area contributed by atoms with Gasteiger partial charge in [-0.1, -0.05) is 97.1 Å². The number of carbonyl (C=O) groups is 1. The molecule has 0 unspecified atom stereocenters. The van der Waals surface area contributed by atoms with Gasteiger partial charge >= 0.3 is 5.97 Å². The Morgan fingerprint density at radius 2 is 1.34 bits per heavy atom. The summed E-state index contributed by atoms with van der Waals surface area (Å²) >= 11 is 0. The van der Waals surface area contributed by atoms with E-state index >= 15 is 0 Å². The molecule has 6 heteroatoms. The second-order valence-corrected chi connectivity index (χ2v) is 8.15. The number of nitro groups is 1. The average molecular weight is 465 g/mol. The van der Waals surface area contributed by atoms with E-state index in [1.807, 2.05) is 91.0 Å². The maximum absolute atomic E-state index is 12.3. The van der Waals surface area contributed by atoms with Crippen molar-refractivity contribution in [1.29, 1.82) is 0 Å². The normalized spacial score (nSPS) is 11.4. The molecule has 0 aliphatic heterocycles. The number of benzene rings is 4. The topological polar surface area (TPSA) is 92.8 Å². The van der Waals surface area contributed by atoms with Gasteiger partial charge in [-0.3, -0.25) is 15.1 Å². The lowest BCUT2D eigenvalue weighted by Crippen LogP contribution is -2.24. The van der Waals surface area contributed by atoms with E-state index in [0.717, 1.165) is 22.3 Å². The molecule has 0 spiro atoms. The number of rotatable bonds is 9. The molecule has 174 valence electrons. The second-order valence-electron chi connectivity index (χ2n) is 8.15. The summed E-state index contributed by atoms with van der Waals surface area (Å²) in [5.74, 6) is -1.14. The van der Waals surface area contributed by atoms with Crippen molar-refractivity contribution in [3.05, 3.63) is 147 Å². The van der Waals surface area contributed by atoms with Crippen molar-refractivity contribution in [3.63, 3.8) is 0 Å². The molecule has 4 rings (SSSR count). The lowest BCUT2D eigenvalue weighted by Gasteiger charge is -2.14. The summed E-state index contributed by atoms with van der Waals surface area (Å²) in [6.45, 7) is 0. The molecule has 1 atom stereocenters. The van der Waals surface area contributed by atoms with E-state index in [1.165, 1.54) is 6.07 Å². The zero-order valence-corrected chi connectivity index (χ0v) is 19.0. The lowest BCUT2D eigenvalue weighted by atomic mass is 9.97. The summed E-state index contributed by atoms with van der Waals surface area (Å²) in [7, 11) is 0. The first-order valence-corrected chi connectivity index (χ1v) is 11.2. The number of hydrogen-bond donors (Lipinski definition) is 1. The molecular formula is C29H24N2O4. The summed E-state index contributed by atoms with van der Waals surface area (Å²) < 4.78 is 0. The fourth-order valence-electron chi connectivity index (χ4n) is 3.98. The predicted molar refractivity (Wildman–Crippen MR) is 136 cm³/mol. The molecule has 4 aromatic rings. The van der Waals surface area contributed by atoms with Gasteiger partial charge in [0, 0.05) is 29.2 Å². The molecule has 35 heavy (non-hydrogen) atoms. The summed E-state index contributed by atoms with van der Waals surface area (Å²) in [6, 6.07) is 32.1. The van der Waals surface area contributed by atoms with E-state index in [-0.39, 0.29) is 12.1 Å². The summed E-state index contributed by atoms with van der Waals surface area (Å²) in [5, 5.41) is 21.8. The van der Waals surface area contributed by atoms with Crippen molar-refractivity contribution in [2.24, 2.45) is 4.99 Å². The third-order valence-electron chi connectivity index (χ3n) is 5.67. The maximum Gasteiger partial charge on any atom is 0.328 e. The zero-order valence-electron chi connectivity index (χ0n) is 19.0. The highest BCUT2D eigenvalue weighted by molar-refractivity contribution is 6.13. The number of hydrogen-bond acceptors (Lipinski definition) is 4. The Hall–Kier alpha value is -4.58. The van der Waals surface area contributed by atoms with Crippen LogP contribution in [0.25, 0.3) is 0 Å². The van der Waals surface area contributed by atoms with Gasteiger partial charge in [0.1, 0.15) is 0 Å². The highest BCUT2D eigenvalue weighted by Gasteiger charge is 2.24. The molecule has 0 aromatic heterocycles. The number of nitrogens with zero attached hydrogens (tertiary/aromatic N) is 2. The first kappa shape index (κ1) is 23.6. The van der Waals surface area contributed by atoms with Gasteiger partial charge in [-0.15, -0.1) is 0 Å².